The number of rotatable bonds is 7. The van der Waals surface area contributed by atoms with Crippen LogP contribution in [0.15, 0.2) is 36.8 Å². The maximum absolute atomic E-state index is 14.7. The Morgan fingerprint density at radius 2 is 2.06 bits per heavy atom. The summed E-state index contributed by atoms with van der Waals surface area (Å²) in [5.41, 5.74) is 3.16. The van der Waals surface area contributed by atoms with Crippen molar-refractivity contribution in [3.8, 4) is 17.3 Å². The third-order valence-corrected chi connectivity index (χ3v) is 6.25. The van der Waals surface area contributed by atoms with E-state index in [4.69, 9.17) is 9.72 Å². The molecule has 0 aromatic carbocycles. The zero-order valence-electron chi connectivity index (χ0n) is 19.9. The average Bonchev–Trinajstić information content (AvgIpc) is 2.86. The van der Waals surface area contributed by atoms with E-state index in [1.165, 1.54) is 19.4 Å². The van der Waals surface area contributed by atoms with Gasteiger partial charge in [-0.1, -0.05) is 0 Å². The molecule has 1 aliphatic rings. The van der Waals surface area contributed by atoms with E-state index in [-0.39, 0.29) is 23.4 Å². The van der Waals surface area contributed by atoms with E-state index in [2.05, 4.69) is 26.3 Å². The minimum Gasteiger partial charge on any atom is -0.479 e. The number of aryl methyl sites for hydroxylation is 2. The van der Waals surface area contributed by atoms with Gasteiger partial charge in [0.1, 0.15) is 5.82 Å². The highest BCUT2D eigenvalue weighted by molar-refractivity contribution is 5.83. The quantitative estimate of drug-likeness (QED) is 0.569. The van der Waals surface area contributed by atoms with Gasteiger partial charge in [-0.25, -0.2) is 24.3 Å². The van der Waals surface area contributed by atoms with Gasteiger partial charge in [0.2, 0.25) is 11.8 Å². The van der Waals surface area contributed by atoms with Crippen LogP contribution in [-0.2, 0) is 11.2 Å². The zero-order valence-corrected chi connectivity index (χ0v) is 19.9. The molecular weight excluding hydrogens is 435 g/mol. The predicted octanol–water partition coefficient (Wildman–Crippen LogP) is 3.77. The van der Waals surface area contributed by atoms with E-state index in [1.54, 1.807) is 30.3 Å². The van der Waals surface area contributed by atoms with Gasteiger partial charge in [0.25, 0.3) is 0 Å². The summed E-state index contributed by atoms with van der Waals surface area (Å²) >= 11 is 0. The van der Waals surface area contributed by atoms with E-state index in [1.807, 2.05) is 13.8 Å². The van der Waals surface area contributed by atoms with Gasteiger partial charge < -0.3 is 15.0 Å². The van der Waals surface area contributed by atoms with Gasteiger partial charge in [0.15, 0.2) is 11.6 Å². The number of aromatic nitrogens is 4. The summed E-state index contributed by atoms with van der Waals surface area (Å²) in [6.45, 7) is 6.62. The number of hydrogen-bond acceptors (Lipinski definition) is 7. The van der Waals surface area contributed by atoms with Crippen molar-refractivity contribution in [3.63, 3.8) is 0 Å². The maximum Gasteiger partial charge on any atom is 0.250 e. The summed E-state index contributed by atoms with van der Waals surface area (Å²) in [7, 11) is 1.36. The molecule has 0 saturated carbocycles. The van der Waals surface area contributed by atoms with Crippen LogP contribution in [0.1, 0.15) is 43.0 Å². The van der Waals surface area contributed by atoms with Crippen LogP contribution in [0.4, 0.5) is 10.2 Å². The van der Waals surface area contributed by atoms with Crippen molar-refractivity contribution in [1.29, 1.82) is 0 Å². The van der Waals surface area contributed by atoms with Crippen LogP contribution in [0.3, 0.4) is 0 Å². The first-order valence-electron chi connectivity index (χ1n) is 11.4. The lowest BCUT2D eigenvalue weighted by Crippen LogP contribution is -2.43. The Kier molecular flexibility index (Phi) is 7.00. The van der Waals surface area contributed by atoms with Crippen molar-refractivity contribution < 1.29 is 13.9 Å². The fraction of sp³-hybridized carbons (Fsp3) is 0.400. The number of hydrogen-bond donors (Lipinski definition) is 1. The Labute approximate surface area is 198 Å². The number of carbonyl (C=O) groups is 1. The lowest BCUT2D eigenvalue weighted by molar-refractivity contribution is -0.132. The monoisotopic (exact) mass is 464 g/mol. The Morgan fingerprint density at radius 3 is 2.76 bits per heavy atom. The van der Waals surface area contributed by atoms with Crippen molar-refractivity contribution in [2.45, 2.75) is 45.6 Å². The van der Waals surface area contributed by atoms with Crippen LogP contribution in [-0.4, -0.2) is 57.0 Å². The Hall–Kier alpha value is -3.62. The highest BCUT2D eigenvalue weighted by Gasteiger charge is 2.29. The minimum absolute atomic E-state index is 0.0474. The number of nitrogens with one attached hydrogen (secondary N) is 1. The SMILES string of the molecule is CCN(C[C@H]1CCc2cc(-c3ncccn3)c(C)nc2N1)C(=O)[C@H](C)c1ccnc(OC)c1F. The highest BCUT2D eigenvalue weighted by atomic mass is 19.1. The number of anilines is 1. The van der Waals surface area contributed by atoms with Crippen molar-refractivity contribution >= 4 is 11.7 Å². The van der Waals surface area contributed by atoms with E-state index in [0.29, 0.717) is 18.9 Å². The fourth-order valence-corrected chi connectivity index (χ4v) is 4.32. The predicted molar refractivity (Wildman–Crippen MR) is 127 cm³/mol. The molecule has 8 nitrogen and oxygen atoms in total. The molecule has 178 valence electrons. The maximum atomic E-state index is 14.7. The van der Waals surface area contributed by atoms with E-state index < -0.39 is 11.7 Å². The molecule has 34 heavy (non-hydrogen) atoms. The second-order valence-electron chi connectivity index (χ2n) is 8.40. The fourth-order valence-electron chi connectivity index (χ4n) is 4.32. The molecule has 0 aliphatic carbocycles. The molecule has 1 N–H and O–H groups in total. The van der Waals surface area contributed by atoms with Gasteiger partial charge in [-0.15, -0.1) is 0 Å². The van der Waals surface area contributed by atoms with Crippen LogP contribution in [0.2, 0.25) is 0 Å². The number of halogens is 1. The number of amides is 1. The minimum atomic E-state index is -0.651. The molecule has 0 bridgehead atoms. The third-order valence-electron chi connectivity index (χ3n) is 6.25. The average molecular weight is 465 g/mol. The molecule has 0 saturated heterocycles. The molecule has 1 amide bonds. The summed E-state index contributed by atoms with van der Waals surface area (Å²) in [5.74, 6) is 0.00509. The van der Waals surface area contributed by atoms with Crippen LogP contribution in [0, 0.1) is 12.7 Å². The molecule has 4 rings (SSSR count). The molecule has 1 aliphatic heterocycles. The highest BCUT2D eigenvalue weighted by Crippen LogP contribution is 2.30. The van der Waals surface area contributed by atoms with Crippen LogP contribution in [0.25, 0.3) is 11.4 Å². The summed E-state index contributed by atoms with van der Waals surface area (Å²) in [6, 6.07) is 5.47. The molecule has 3 aromatic heterocycles. The first-order chi connectivity index (χ1) is 16.4. The molecular formula is C25H29FN6O2. The molecule has 0 spiro atoms. The summed E-state index contributed by atoms with van der Waals surface area (Å²) in [4.78, 5) is 32.3. The normalized spacial score (nSPS) is 15.7. The van der Waals surface area contributed by atoms with Crippen LogP contribution >= 0.6 is 0 Å². The van der Waals surface area contributed by atoms with E-state index in [0.717, 1.165) is 35.5 Å². The zero-order chi connectivity index (χ0) is 24.2. The molecule has 0 radical (unpaired) electrons. The summed E-state index contributed by atoms with van der Waals surface area (Å²) < 4.78 is 19.6. The van der Waals surface area contributed by atoms with Gasteiger partial charge in [0, 0.05) is 48.8 Å². The molecule has 0 fully saturated rings. The molecule has 3 aromatic rings. The summed E-state index contributed by atoms with van der Waals surface area (Å²) in [5, 5.41) is 3.49. The summed E-state index contributed by atoms with van der Waals surface area (Å²) in [6.07, 6.45) is 6.58. The number of pyridine rings is 2. The molecule has 4 heterocycles. The van der Waals surface area contributed by atoms with E-state index in [9.17, 15) is 9.18 Å². The van der Waals surface area contributed by atoms with Crippen molar-refractivity contribution in [3.05, 3.63) is 59.4 Å². The molecule has 9 heteroatoms. The number of carbonyl (C=O) groups excluding carboxylic acids is 1. The number of ether oxygens (including phenoxy) is 1. The number of fused-ring (bicyclic) bond motifs is 1. The van der Waals surface area contributed by atoms with Gasteiger partial charge in [0.05, 0.1) is 18.7 Å². The molecule has 2 atom stereocenters. The largest absolute Gasteiger partial charge is 0.479 e. The van der Waals surface area contributed by atoms with Gasteiger partial charge in [-0.3, -0.25) is 4.79 Å². The first kappa shape index (κ1) is 23.5. The van der Waals surface area contributed by atoms with Crippen LogP contribution in [0.5, 0.6) is 5.88 Å². The van der Waals surface area contributed by atoms with Gasteiger partial charge in [-0.2, -0.15) is 0 Å². The number of likely N-dealkylation sites (N-methyl/N-ethyl adjacent to an activating group) is 1. The smallest absolute Gasteiger partial charge is 0.250 e. The lowest BCUT2D eigenvalue weighted by atomic mass is 9.96. The van der Waals surface area contributed by atoms with Crippen molar-refractivity contribution in [2.75, 3.05) is 25.5 Å². The standard InChI is InChI=1S/C25H29FN6O2/c1-5-32(25(33)15(2)19-9-12-29-24(34-4)21(19)26)14-18-8-7-17-13-20(16(3)30-22(17)31-18)23-27-10-6-11-28-23/h6,9-13,15,18H,5,7-8,14H2,1-4H3,(H,30,31)/t15-,18-/m1/s1. The van der Waals surface area contributed by atoms with Gasteiger partial charge >= 0.3 is 0 Å². The lowest BCUT2D eigenvalue weighted by Gasteiger charge is -2.33. The topological polar surface area (TPSA) is 93.1 Å². The Balaban J connectivity index is 1.48. The van der Waals surface area contributed by atoms with Crippen LogP contribution < -0.4 is 10.1 Å². The Morgan fingerprint density at radius 1 is 1.29 bits per heavy atom. The first-order valence-corrected chi connectivity index (χ1v) is 11.4. The number of methoxy groups -OCH3 is 1. The third kappa shape index (κ3) is 4.69. The second-order valence-corrected chi connectivity index (χ2v) is 8.40. The second kappa shape index (κ2) is 10.1. The van der Waals surface area contributed by atoms with Crippen molar-refractivity contribution in [2.24, 2.45) is 0 Å². The van der Waals surface area contributed by atoms with Gasteiger partial charge in [-0.05, 0) is 57.4 Å². The Bertz CT molecular complexity index is 1170. The van der Waals surface area contributed by atoms with Crippen molar-refractivity contribution in [1.82, 2.24) is 24.8 Å². The molecule has 0 unspecified atom stereocenters. The van der Waals surface area contributed by atoms with E-state index >= 15 is 0 Å². The number of nitrogens with zero attached hydrogens (tertiary/aromatic N) is 5.